The summed E-state index contributed by atoms with van der Waals surface area (Å²) in [6.45, 7) is 6.18. The number of primary sulfonamides is 1. The number of halogens is 1. The molecule has 176 valence electrons. The van der Waals surface area contributed by atoms with Crippen LogP contribution in [0.2, 0.25) is 5.02 Å². The van der Waals surface area contributed by atoms with E-state index < -0.39 is 10.0 Å². The van der Waals surface area contributed by atoms with Crippen LogP contribution in [0.15, 0.2) is 65.6 Å². The number of benzene rings is 3. The van der Waals surface area contributed by atoms with Crippen LogP contribution in [0.3, 0.4) is 0 Å². The summed E-state index contributed by atoms with van der Waals surface area (Å²) in [6, 6.07) is 18.5. The Labute approximate surface area is 200 Å². The van der Waals surface area contributed by atoms with Gasteiger partial charge in [-0.2, -0.15) is 0 Å². The van der Waals surface area contributed by atoms with Crippen LogP contribution in [0, 0.1) is 6.92 Å². The summed E-state index contributed by atoms with van der Waals surface area (Å²) < 4.78 is 34.5. The van der Waals surface area contributed by atoms with E-state index in [0.29, 0.717) is 42.8 Å². The number of nitrogens with two attached hydrogens (primary N) is 1. The van der Waals surface area contributed by atoms with Crippen LogP contribution in [0.25, 0.3) is 0 Å². The quantitative estimate of drug-likeness (QED) is 0.385. The first-order chi connectivity index (χ1) is 15.8. The molecule has 0 aromatic heterocycles. The fraction of sp³-hybridized carbons (Fsp3) is 0.280. The lowest BCUT2D eigenvalue weighted by molar-refractivity contribution is 0.269. The summed E-state index contributed by atoms with van der Waals surface area (Å²) in [5.41, 5.74) is 4.19. The molecule has 3 aromatic rings. The van der Waals surface area contributed by atoms with Crippen LogP contribution in [-0.4, -0.2) is 21.6 Å². The summed E-state index contributed by atoms with van der Waals surface area (Å²) in [7, 11) is -3.67. The Morgan fingerprint density at radius 2 is 1.58 bits per heavy atom. The average Bonchev–Trinajstić information content (AvgIpc) is 2.78. The number of hydrogen-bond donors (Lipinski definition) is 2. The third-order valence-corrected chi connectivity index (χ3v) is 6.37. The van der Waals surface area contributed by atoms with Crippen molar-refractivity contribution in [3.05, 3.63) is 87.9 Å². The van der Waals surface area contributed by atoms with Gasteiger partial charge in [-0.15, -0.1) is 0 Å². The van der Waals surface area contributed by atoms with Crippen LogP contribution >= 0.6 is 11.6 Å². The molecular formula is C25H29ClN2O4S. The zero-order valence-electron chi connectivity index (χ0n) is 18.8. The van der Waals surface area contributed by atoms with Crippen LogP contribution in [0.4, 0.5) is 0 Å². The molecule has 0 saturated heterocycles. The molecule has 8 heteroatoms. The minimum atomic E-state index is -3.67. The standard InChI is InChI=1S/C25H29ClN2O4S/c1-3-31-24-14-21(16-28-13-12-19-8-10-22(11-9-19)33(27,29)30)23(26)15-25(24)32-17-20-6-4-18(2)5-7-20/h4-11,14-15,28H,3,12-13,16-17H2,1-2H3,(H2,27,29,30). The molecule has 3 aromatic carbocycles. The van der Waals surface area contributed by atoms with Crippen molar-refractivity contribution in [2.45, 2.75) is 38.3 Å². The lowest BCUT2D eigenvalue weighted by Crippen LogP contribution is -2.17. The summed E-state index contributed by atoms with van der Waals surface area (Å²) in [4.78, 5) is 0.110. The second-order valence-corrected chi connectivity index (χ2v) is 9.68. The second kappa shape index (κ2) is 11.5. The van der Waals surface area contributed by atoms with E-state index in [1.54, 1.807) is 18.2 Å². The molecule has 0 aliphatic carbocycles. The Balaban J connectivity index is 1.58. The van der Waals surface area contributed by atoms with Crippen LogP contribution < -0.4 is 19.9 Å². The maximum atomic E-state index is 11.4. The molecule has 0 aliphatic heterocycles. The van der Waals surface area contributed by atoms with Gasteiger partial charge in [0.2, 0.25) is 10.0 Å². The van der Waals surface area contributed by atoms with Crippen molar-refractivity contribution in [3.8, 4) is 11.5 Å². The molecule has 3 rings (SSSR count). The molecule has 0 aliphatic rings. The number of hydrogen-bond acceptors (Lipinski definition) is 5. The Hall–Kier alpha value is -2.58. The highest BCUT2D eigenvalue weighted by Gasteiger charge is 2.12. The van der Waals surface area contributed by atoms with Gasteiger partial charge >= 0.3 is 0 Å². The van der Waals surface area contributed by atoms with Crippen LogP contribution in [0.1, 0.15) is 29.2 Å². The van der Waals surface area contributed by atoms with Crippen molar-refractivity contribution in [3.63, 3.8) is 0 Å². The van der Waals surface area contributed by atoms with Gasteiger partial charge in [0.05, 0.1) is 11.5 Å². The summed E-state index contributed by atoms with van der Waals surface area (Å²) in [5.74, 6) is 1.27. The Bertz CT molecular complexity index is 1160. The van der Waals surface area contributed by atoms with Crippen molar-refractivity contribution in [2.75, 3.05) is 13.2 Å². The predicted molar refractivity (Wildman–Crippen MR) is 131 cm³/mol. The number of rotatable bonds is 11. The summed E-state index contributed by atoms with van der Waals surface area (Å²) in [5, 5.41) is 9.10. The van der Waals surface area contributed by atoms with Gasteiger partial charge in [-0.05, 0) is 61.7 Å². The van der Waals surface area contributed by atoms with E-state index in [4.69, 9.17) is 26.2 Å². The molecule has 0 bridgehead atoms. The highest BCUT2D eigenvalue weighted by atomic mass is 35.5. The molecule has 6 nitrogen and oxygen atoms in total. The minimum Gasteiger partial charge on any atom is -0.490 e. The molecule has 0 spiro atoms. The van der Waals surface area contributed by atoms with E-state index in [2.05, 4.69) is 24.4 Å². The average molecular weight is 489 g/mol. The van der Waals surface area contributed by atoms with Gasteiger partial charge in [0, 0.05) is 17.6 Å². The van der Waals surface area contributed by atoms with E-state index >= 15 is 0 Å². The topological polar surface area (TPSA) is 90.6 Å². The first-order valence-electron chi connectivity index (χ1n) is 10.7. The fourth-order valence-electron chi connectivity index (χ4n) is 3.24. The molecule has 0 saturated carbocycles. The second-order valence-electron chi connectivity index (χ2n) is 7.71. The van der Waals surface area contributed by atoms with E-state index in [1.165, 1.54) is 17.7 Å². The van der Waals surface area contributed by atoms with Crippen LogP contribution in [0.5, 0.6) is 11.5 Å². The molecule has 0 radical (unpaired) electrons. The van der Waals surface area contributed by atoms with Gasteiger partial charge in [0.1, 0.15) is 6.61 Å². The number of nitrogens with one attached hydrogen (secondary N) is 1. The van der Waals surface area contributed by atoms with Gasteiger partial charge in [-0.25, -0.2) is 13.6 Å². The Morgan fingerprint density at radius 1 is 0.939 bits per heavy atom. The van der Waals surface area contributed by atoms with Crippen molar-refractivity contribution in [1.82, 2.24) is 5.32 Å². The van der Waals surface area contributed by atoms with Gasteiger partial charge in [0.15, 0.2) is 11.5 Å². The zero-order chi connectivity index (χ0) is 23.8. The van der Waals surface area contributed by atoms with Crippen molar-refractivity contribution in [2.24, 2.45) is 5.14 Å². The van der Waals surface area contributed by atoms with E-state index in [1.807, 2.05) is 25.1 Å². The van der Waals surface area contributed by atoms with Crippen molar-refractivity contribution >= 4 is 21.6 Å². The van der Waals surface area contributed by atoms with E-state index in [9.17, 15) is 8.42 Å². The molecule has 33 heavy (non-hydrogen) atoms. The Morgan fingerprint density at radius 3 is 2.21 bits per heavy atom. The Kier molecular flexibility index (Phi) is 8.74. The normalized spacial score (nSPS) is 11.4. The fourth-order valence-corrected chi connectivity index (χ4v) is 3.98. The zero-order valence-corrected chi connectivity index (χ0v) is 20.4. The largest absolute Gasteiger partial charge is 0.490 e. The number of sulfonamides is 1. The summed E-state index contributed by atoms with van der Waals surface area (Å²) >= 11 is 6.52. The van der Waals surface area contributed by atoms with Gasteiger partial charge in [-0.1, -0.05) is 53.6 Å². The SMILES string of the molecule is CCOc1cc(CNCCc2ccc(S(N)(=O)=O)cc2)c(Cl)cc1OCc1ccc(C)cc1. The molecule has 0 heterocycles. The third-order valence-electron chi connectivity index (χ3n) is 5.09. The maximum Gasteiger partial charge on any atom is 0.238 e. The third kappa shape index (κ3) is 7.47. The molecule has 0 fully saturated rings. The lowest BCUT2D eigenvalue weighted by atomic mass is 10.1. The highest BCUT2D eigenvalue weighted by molar-refractivity contribution is 7.89. The van der Waals surface area contributed by atoms with Gasteiger partial charge in [-0.3, -0.25) is 0 Å². The number of ether oxygens (including phenoxy) is 2. The van der Waals surface area contributed by atoms with E-state index in [0.717, 1.165) is 23.1 Å². The van der Waals surface area contributed by atoms with E-state index in [-0.39, 0.29) is 4.90 Å². The monoisotopic (exact) mass is 488 g/mol. The maximum absolute atomic E-state index is 11.4. The number of aryl methyl sites for hydroxylation is 1. The molecular weight excluding hydrogens is 460 g/mol. The molecule has 3 N–H and O–H groups in total. The molecule has 0 amide bonds. The van der Waals surface area contributed by atoms with Gasteiger partial charge < -0.3 is 14.8 Å². The smallest absolute Gasteiger partial charge is 0.238 e. The minimum absolute atomic E-state index is 0.110. The van der Waals surface area contributed by atoms with Gasteiger partial charge in [0.25, 0.3) is 0 Å². The first-order valence-corrected chi connectivity index (χ1v) is 12.6. The first kappa shape index (κ1) is 25.1. The molecule has 0 atom stereocenters. The van der Waals surface area contributed by atoms with Crippen molar-refractivity contribution in [1.29, 1.82) is 0 Å². The van der Waals surface area contributed by atoms with Crippen molar-refractivity contribution < 1.29 is 17.9 Å². The predicted octanol–water partition coefficient (Wildman–Crippen LogP) is 4.61. The lowest BCUT2D eigenvalue weighted by Gasteiger charge is -2.15. The summed E-state index contributed by atoms with van der Waals surface area (Å²) in [6.07, 6.45) is 0.735. The highest BCUT2D eigenvalue weighted by Crippen LogP contribution is 2.34. The molecule has 0 unspecified atom stereocenters. The van der Waals surface area contributed by atoms with Crippen LogP contribution in [-0.2, 0) is 29.6 Å².